The van der Waals surface area contributed by atoms with Crippen LogP contribution >= 0.6 is 23.1 Å². The molecule has 2 aromatic heterocycles. The van der Waals surface area contributed by atoms with Crippen LogP contribution in [0.2, 0.25) is 0 Å². The molecule has 10 heteroatoms. The zero-order valence-corrected chi connectivity index (χ0v) is 17.1. The summed E-state index contributed by atoms with van der Waals surface area (Å²) < 4.78 is 3.74. The number of hydrogen-bond donors (Lipinski definition) is 1. The second-order valence-corrected chi connectivity index (χ2v) is 8.36. The number of nitrogens with one attached hydrogen (secondary N) is 1. The topological polar surface area (TPSA) is 102 Å². The third kappa shape index (κ3) is 4.56. The molecule has 0 saturated carbocycles. The Morgan fingerprint density at radius 2 is 2.00 bits per heavy atom. The predicted octanol–water partition coefficient (Wildman–Crippen LogP) is 4.24. The van der Waals surface area contributed by atoms with E-state index in [2.05, 4.69) is 15.5 Å². The van der Waals surface area contributed by atoms with Crippen LogP contribution in [-0.4, -0.2) is 32.3 Å². The number of hydrazone groups is 1. The minimum atomic E-state index is -0.441. The van der Waals surface area contributed by atoms with Crippen molar-refractivity contribution in [2.45, 2.75) is 4.34 Å². The second-order valence-electron chi connectivity index (χ2n) is 6.11. The molecule has 0 radical (unpaired) electrons. The van der Waals surface area contributed by atoms with Crippen molar-refractivity contribution < 1.29 is 9.72 Å². The lowest BCUT2D eigenvalue weighted by molar-refractivity contribution is -0.384. The average molecular weight is 438 g/mol. The van der Waals surface area contributed by atoms with Crippen molar-refractivity contribution in [1.82, 2.24) is 15.0 Å². The maximum absolute atomic E-state index is 12.1. The van der Waals surface area contributed by atoms with Gasteiger partial charge >= 0.3 is 0 Å². The maximum Gasteiger partial charge on any atom is 0.269 e. The van der Waals surface area contributed by atoms with Crippen LogP contribution in [0.1, 0.15) is 5.69 Å². The molecule has 4 rings (SSSR count). The first kappa shape index (κ1) is 19.8. The number of carbonyl (C=O) groups excluding carboxylic acids is 1. The first-order chi connectivity index (χ1) is 14.6. The SMILES string of the molecule is O=C(CSc1nc2ccccc2s1)NN=Cc1cccn1-c1ccc([N+](=O)[O-])cc1. The molecule has 150 valence electrons. The molecule has 0 aliphatic rings. The largest absolute Gasteiger partial charge is 0.316 e. The van der Waals surface area contributed by atoms with Gasteiger partial charge in [-0.05, 0) is 36.4 Å². The van der Waals surface area contributed by atoms with Crippen molar-refractivity contribution >= 4 is 51.1 Å². The molecule has 0 aliphatic heterocycles. The van der Waals surface area contributed by atoms with E-state index in [1.807, 2.05) is 47.2 Å². The highest BCUT2D eigenvalue weighted by atomic mass is 32.2. The van der Waals surface area contributed by atoms with Crippen LogP contribution in [-0.2, 0) is 4.79 Å². The van der Waals surface area contributed by atoms with Gasteiger partial charge in [-0.15, -0.1) is 11.3 Å². The molecule has 8 nitrogen and oxygen atoms in total. The lowest BCUT2D eigenvalue weighted by Gasteiger charge is -2.05. The molecule has 0 atom stereocenters. The number of non-ortho nitro benzene ring substituents is 1. The van der Waals surface area contributed by atoms with Crippen molar-refractivity contribution in [3.05, 3.63) is 82.7 Å². The molecule has 4 aromatic rings. The van der Waals surface area contributed by atoms with Crippen LogP contribution in [0.5, 0.6) is 0 Å². The van der Waals surface area contributed by atoms with Crippen LogP contribution in [0.15, 0.2) is 76.3 Å². The molecule has 0 saturated heterocycles. The van der Waals surface area contributed by atoms with Crippen LogP contribution in [0.4, 0.5) is 5.69 Å². The fourth-order valence-electron chi connectivity index (χ4n) is 2.71. The predicted molar refractivity (Wildman–Crippen MR) is 119 cm³/mol. The van der Waals surface area contributed by atoms with E-state index in [4.69, 9.17) is 0 Å². The molecule has 2 aromatic carbocycles. The molecule has 1 amide bonds. The smallest absolute Gasteiger partial charge is 0.269 e. The Bertz CT molecular complexity index is 1200. The van der Waals surface area contributed by atoms with Crippen LogP contribution < -0.4 is 5.43 Å². The van der Waals surface area contributed by atoms with Gasteiger partial charge in [-0.3, -0.25) is 14.9 Å². The zero-order chi connectivity index (χ0) is 20.9. The van der Waals surface area contributed by atoms with Crippen molar-refractivity contribution in [3.63, 3.8) is 0 Å². The lowest BCUT2D eigenvalue weighted by atomic mass is 10.3. The fraction of sp³-hybridized carbons (Fsp3) is 0.0500. The van der Waals surface area contributed by atoms with E-state index in [0.29, 0.717) is 0 Å². The van der Waals surface area contributed by atoms with Gasteiger partial charge in [0.2, 0.25) is 0 Å². The number of nitro benzene ring substituents is 1. The number of rotatable bonds is 7. The summed E-state index contributed by atoms with van der Waals surface area (Å²) in [7, 11) is 0. The number of hydrogen-bond acceptors (Lipinski definition) is 7. The van der Waals surface area contributed by atoms with E-state index in [-0.39, 0.29) is 17.3 Å². The normalized spacial score (nSPS) is 11.2. The van der Waals surface area contributed by atoms with Crippen molar-refractivity contribution in [3.8, 4) is 5.69 Å². The number of thiazole rings is 1. The number of benzene rings is 2. The molecular weight excluding hydrogens is 422 g/mol. The Kier molecular flexibility index (Phi) is 5.87. The fourth-order valence-corrected chi connectivity index (χ4v) is 4.57. The first-order valence-corrected chi connectivity index (χ1v) is 10.6. The molecule has 0 fully saturated rings. The van der Waals surface area contributed by atoms with E-state index in [9.17, 15) is 14.9 Å². The molecule has 0 bridgehead atoms. The standard InChI is InChI=1S/C20H15N5O3S2/c26-19(13-29-20-22-17-5-1-2-6-18(17)30-20)23-21-12-16-4-3-11-24(16)14-7-9-15(10-8-14)25(27)28/h1-12H,13H2,(H,23,26). The zero-order valence-electron chi connectivity index (χ0n) is 15.5. The summed E-state index contributed by atoms with van der Waals surface area (Å²) in [5.41, 5.74) is 4.94. The van der Waals surface area contributed by atoms with E-state index in [1.54, 1.807) is 23.5 Å². The van der Waals surface area contributed by atoms with Crippen LogP contribution in [0.3, 0.4) is 0 Å². The lowest BCUT2D eigenvalue weighted by Crippen LogP contribution is -2.19. The van der Waals surface area contributed by atoms with Gasteiger partial charge in [0.1, 0.15) is 0 Å². The van der Waals surface area contributed by atoms with Gasteiger partial charge in [0.25, 0.3) is 11.6 Å². The molecule has 30 heavy (non-hydrogen) atoms. The number of aromatic nitrogens is 2. The second kappa shape index (κ2) is 8.89. The molecule has 0 spiro atoms. The molecule has 0 unspecified atom stereocenters. The van der Waals surface area contributed by atoms with Gasteiger partial charge in [-0.25, -0.2) is 10.4 Å². The monoisotopic (exact) mass is 437 g/mol. The summed E-state index contributed by atoms with van der Waals surface area (Å²) >= 11 is 2.92. The van der Waals surface area contributed by atoms with Crippen LogP contribution in [0.25, 0.3) is 15.9 Å². The molecule has 2 heterocycles. The number of thioether (sulfide) groups is 1. The maximum atomic E-state index is 12.1. The molecular formula is C20H15N5O3S2. The summed E-state index contributed by atoms with van der Waals surface area (Å²) in [5, 5.41) is 14.8. The Balaban J connectivity index is 1.34. The first-order valence-electron chi connectivity index (χ1n) is 8.82. The third-order valence-electron chi connectivity index (χ3n) is 4.11. The Hall–Kier alpha value is -3.50. The summed E-state index contributed by atoms with van der Waals surface area (Å²) in [6.45, 7) is 0. The molecule has 1 N–H and O–H groups in total. The number of nitrogens with zero attached hydrogens (tertiary/aromatic N) is 4. The van der Waals surface area contributed by atoms with E-state index >= 15 is 0 Å². The van der Waals surface area contributed by atoms with E-state index in [0.717, 1.165) is 25.9 Å². The highest BCUT2D eigenvalue weighted by Gasteiger charge is 2.08. The van der Waals surface area contributed by atoms with Gasteiger partial charge in [0.15, 0.2) is 4.34 Å². The summed E-state index contributed by atoms with van der Waals surface area (Å²) in [6, 6.07) is 17.7. The van der Waals surface area contributed by atoms with Crippen molar-refractivity contribution in [2.24, 2.45) is 5.10 Å². The minimum absolute atomic E-state index is 0.0269. The molecule has 0 aliphatic carbocycles. The number of fused-ring (bicyclic) bond motifs is 1. The minimum Gasteiger partial charge on any atom is -0.316 e. The van der Waals surface area contributed by atoms with Gasteiger partial charge in [-0.1, -0.05) is 23.9 Å². The van der Waals surface area contributed by atoms with E-state index in [1.165, 1.54) is 30.1 Å². The third-order valence-corrected chi connectivity index (χ3v) is 6.29. The highest BCUT2D eigenvalue weighted by molar-refractivity contribution is 8.01. The summed E-state index contributed by atoms with van der Waals surface area (Å²) in [4.78, 5) is 26.9. The quantitative estimate of drug-likeness (QED) is 0.202. The number of nitro groups is 1. The highest BCUT2D eigenvalue weighted by Crippen LogP contribution is 2.29. The van der Waals surface area contributed by atoms with Gasteiger partial charge in [0.05, 0.1) is 32.8 Å². The van der Waals surface area contributed by atoms with E-state index < -0.39 is 4.92 Å². The number of para-hydroxylation sites is 1. The van der Waals surface area contributed by atoms with Gasteiger partial charge in [0, 0.05) is 24.0 Å². The Labute approximate surface area is 179 Å². The van der Waals surface area contributed by atoms with Crippen LogP contribution in [0, 0.1) is 10.1 Å². The summed E-state index contributed by atoms with van der Waals surface area (Å²) in [6.07, 6.45) is 3.34. The van der Waals surface area contributed by atoms with Gasteiger partial charge in [-0.2, -0.15) is 5.10 Å². The Morgan fingerprint density at radius 3 is 2.77 bits per heavy atom. The van der Waals surface area contributed by atoms with Gasteiger partial charge < -0.3 is 4.57 Å². The summed E-state index contributed by atoms with van der Waals surface area (Å²) in [5.74, 6) is -0.0236. The number of amides is 1. The average Bonchev–Trinajstić information content (AvgIpc) is 3.39. The van der Waals surface area contributed by atoms with Crippen molar-refractivity contribution in [2.75, 3.05) is 5.75 Å². The Morgan fingerprint density at radius 1 is 1.20 bits per heavy atom. The number of carbonyl (C=O) groups is 1. The van der Waals surface area contributed by atoms with Crippen molar-refractivity contribution in [1.29, 1.82) is 0 Å².